The van der Waals surface area contributed by atoms with Gasteiger partial charge in [-0.3, -0.25) is 4.79 Å². The summed E-state index contributed by atoms with van der Waals surface area (Å²) in [4.78, 5) is 13.4. The zero-order valence-electron chi connectivity index (χ0n) is 9.68. The second kappa shape index (κ2) is 5.61. The van der Waals surface area contributed by atoms with Gasteiger partial charge >= 0.3 is 0 Å². The number of hydrogen-bond donors (Lipinski definition) is 0. The van der Waals surface area contributed by atoms with E-state index in [-0.39, 0.29) is 18.6 Å². The van der Waals surface area contributed by atoms with E-state index in [4.69, 9.17) is 14.2 Å². The summed E-state index contributed by atoms with van der Waals surface area (Å²) in [6, 6.07) is 0. The minimum atomic E-state index is 0.0768. The molecule has 2 aliphatic heterocycles. The van der Waals surface area contributed by atoms with E-state index in [0.29, 0.717) is 6.10 Å². The van der Waals surface area contributed by atoms with E-state index in [9.17, 15) is 4.79 Å². The fraction of sp³-hybridized carbons (Fsp3) is 0.909. The SMILES string of the molecule is COCC(=O)N1CCC(OC2COC2)CC1. The second-order valence-electron chi connectivity index (χ2n) is 4.31. The number of likely N-dealkylation sites (tertiary alicyclic amines) is 1. The van der Waals surface area contributed by atoms with Crippen LogP contribution in [-0.4, -0.2) is 63.0 Å². The highest BCUT2D eigenvalue weighted by Crippen LogP contribution is 2.18. The van der Waals surface area contributed by atoms with E-state index in [1.54, 1.807) is 7.11 Å². The van der Waals surface area contributed by atoms with Gasteiger partial charge in [-0.2, -0.15) is 0 Å². The maximum atomic E-state index is 11.5. The molecule has 2 rings (SSSR count). The summed E-state index contributed by atoms with van der Waals surface area (Å²) in [6.07, 6.45) is 2.42. The summed E-state index contributed by atoms with van der Waals surface area (Å²) in [5, 5.41) is 0. The van der Waals surface area contributed by atoms with Gasteiger partial charge in [0.25, 0.3) is 0 Å². The van der Waals surface area contributed by atoms with Crippen LogP contribution in [0, 0.1) is 0 Å². The van der Waals surface area contributed by atoms with Crippen molar-refractivity contribution in [2.45, 2.75) is 25.0 Å². The topological polar surface area (TPSA) is 48.0 Å². The Hall–Kier alpha value is -0.650. The molecule has 5 heteroatoms. The number of methoxy groups -OCH3 is 1. The van der Waals surface area contributed by atoms with Crippen LogP contribution in [0.4, 0.5) is 0 Å². The van der Waals surface area contributed by atoms with Crippen LogP contribution >= 0.6 is 0 Å². The molecule has 92 valence electrons. The summed E-state index contributed by atoms with van der Waals surface area (Å²) in [5.41, 5.74) is 0. The Morgan fingerprint density at radius 2 is 2.00 bits per heavy atom. The maximum absolute atomic E-state index is 11.5. The molecule has 0 atom stereocenters. The molecule has 2 saturated heterocycles. The van der Waals surface area contributed by atoms with Crippen LogP contribution in [0.2, 0.25) is 0 Å². The van der Waals surface area contributed by atoms with Crippen molar-refractivity contribution in [3.8, 4) is 0 Å². The van der Waals surface area contributed by atoms with Crippen molar-refractivity contribution in [2.24, 2.45) is 0 Å². The summed E-state index contributed by atoms with van der Waals surface area (Å²) >= 11 is 0. The Labute approximate surface area is 95.6 Å². The Bertz CT molecular complexity index is 234. The number of rotatable bonds is 4. The van der Waals surface area contributed by atoms with Crippen LogP contribution in [0.25, 0.3) is 0 Å². The van der Waals surface area contributed by atoms with Crippen molar-refractivity contribution >= 4 is 5.91 Å². The van der Waals surface area contributed by atoms with Gasteiger partial charge in [0.1, 0.15) is 12.7 Å². The van der Waals surface area contributed by atoms with Gasteiger partial charge in [0, 0.05) is 20.2 Å². The lowest BCUT2D eigenvalue weighted by molar-refractivity contribution is -0.165. The molecular weight excluding hydrogens is 210 g/mol. The molecule has 0 aliphatic carbocycles. The van der Waals surface area contributed by atoms with Crippen LogP contribution in [0.5, 0.6) is 0 Å². The normalized spacial score (nSPS) is 23.2. The zero-order chi connectivity index (χ0) is 11.4. The van der Waals surface area contributed by atoms with Gasteiger partial charge in [-0.25, -0.2) is 0 Å². The standard InChI is InChI=1S/C11H19NO4/c1-14-8-11(13)12-4-2-9(3-5-12)16-10-6-15-7-10/h9-10H,2-8H2,1H3. The lowest BCUT2D eigenvalue weighted by atomic mass is 10.1. The molecule has 0 saturated carbocycles. The fourth-order valence-corrected chi connectivity index (χ4v) is 2.02. The van der Waals surface area contributed by atoms with Crippen LogP contribution in [0.15, 0.2) is 0 Å². The van der Waals surface area contributed by atoms with E-state index in [1.807, 2.05) is 4.90 Å². The lowest BCUT2D eigenvalue weighted by Gasteiger charge is -2.36. The number of hydrogen-bond acceptors (Lipinski definition) is 4. The third-order valence-electron chi connectivity index (χ3n) is 3.05. The molecule has 0 aromatic rings. The molecule has 2 heterocycles. The average Bonchev–Trinajstić information content (AvgIpc) is 2.25. The number of amides is 1. The number of ether oxygens (including phenoxy) is 3. The Morgan fingerprint density at radius 3 is 2.50 bits per heavy atom. The van der Waals surface area contributed by atoms with E-state index in [2.05, 4.69) is 0 Å². The number of piperidine rings is 1. The van der Waals surface area contributed by atoms with Crippen LogP contribution in [0.3, 0.4) is 0 Å². The van der Waals surface area contributed by atoms with Gasteiger partial charge in [-0.1, -0.05) is 0 Å². The minimum Gasteiger partial charge on any atom is -0.376 e. The van der Waals surface area contributed by atoms with Gasteiger partial charge < -0.3 is 19.1 Å². The molecule has 0 aromatic heterocycles. The number of carbonyl (C=O) groups excluding carboxylic acids is 1. The van der Waals surface area contributed by atoms with Crippen LogP contribution < -0.4 is 0 Å². The highest BCUT2D eigenvalue weighted by atomic mass is 16.6. The second-order valence-corrected chi connectivity index (χ2v) is 4.31. The maximum Gasteiger partial charge on any atom is 0.248 e. The first-order valence-electron chi connectivity index (χ1n) is 5.79. The number of carbonyl (C=O) groups is 1. The molecule has 0 unspecified atom stereocenters. The smallest absolute Gasteiger partial charge is 0.248 e. The van der Waals surface area contributed by atoms with E-state index in [0.717, 1.165) is 39.1 Å². The Balaban J connectivity index is 1.67. The average molecular weight is 229 g/mol. The molecule has 16 heavy (non-hydrogen) atoms. The summed E-state index contributed by atoms with van der Waals surface area (Å²) in [6.45, 7) is 3.19. The minimum absolute atomic E-state index is 0.0768. The van der Waals surface area contributed by atoms with Crippen molar-refractivity contribution < 1.29 is 19.0 Å². The van der Waals surface area contributed by atoms with Gasteiger partial charge in [-0.15, -0.1) is 0 Å². The molecule has 0 bridgehead atoms. The highest BCUT2D eigenvalue weighted by Gasteiger charge is 2.27. The third-order valence-corrected chi connectivity index (χ3v) is 3.05. The van der Waals surface area contributed by atoms with Crippen molar-refractivity contribution in [3.05, 3.63) is 0 Å². The Morgan fingerprint density at radius 1 is 1.31 bits per heavy atom. The monoisotopic (exact) mass is 229 g/mol. The molecule has 0 spiro atoms. The number of nitrogens with zero attached hydrogens (tertiary/aromatic N) is 1. The Kier molecular flexibility index (Phi) is 4.15. The van der Waals surface area contributed by atoms with Crippen molar-refractivity contribution in [3.63, 3.8) is 0 Å². The predicted molar refractivity (Wildman–Crippen MR) is 57.2 cm³/mol. The molecule has 0 radical (unpaired) electrons. The lowest BCUT2D eigenvalue weighted by Crippen LogP contribution is -2.46. The first-order chi connectivity index (χ1) is 7.79. The molecule has 0 aromatic carbocycles. The van der Waals surface area contributed by atoms with E-state index < -0.39 is 0 Å². The quantitative estimate of drug-likeness (QED) is 0.683. The van der Waals surface area contributed by atoms with Gasteiger partial charge in [0.2, 0.25) is 5.91 Å². The first kappa shape index (κ1) is 11.8. The molecule has 2 fully saturated rings. The van der Waals surface area contributed by atoms with E-state index in [1.165, 1.54) is 0 Å². The van der Waals surface area contributed by atoms with Crippen LogP contribution in [0.1, 0.15) is 12.8 Å². The zero-order valence-corrected chi connectivity index (χ0v) is 9.68. The summed E-state index contributed by atoms with van der Waals surface area (Å²) in [7, 11) is 1.55. The van der Waals surface area contributed by atoms with Crippen LogP contribution in [-0.2, 0) is 19.0 Å². The summed E-state index contributed by atoms with van der Waals surface area (Å²) in [5.74, 6) is 0.0768. The fourth-order valence-electron chi connectivity index (χ4n) is 2.02. The third kappa shape index (κ3) is 2.93. The molecule has 5 nitrogen and oxygen atoms in total. The molecular formula is C11H19NO4. The predicted octanol–water partition coefficient (Wildman–Crippen LogP) is 0.0392. The highest BCUT2D eigenvalue weighted by molar-refractivity contribution is 5.77. The molecule has 1 amide bonds. The van der Waals surface area contributed by atoms with E-state index >= 15 is 0 Å². The van der Waals surface area contributed by atoms with Crippen molar-refractivity contribution in [2.75, 3.05) is 40.0 Å². The van der Waals surface area contributed by atoms with Gasteiger partial charge in [-0.05, 0) is 12.8 Å². The van der Waals surface area contributed by atoms with Gasteiger partial charge in [0.15, 0.2) is 0 Å². The largest absolute Gasteiger partial charge is 0.376 e. The molecule has 0 N–H and O–H groups in total. The van der Waals surface area contributed by atoms with Gasteiger partial charge in [0.05, 0.1) is 19.3 Å². The summed E-state index contributed by atoms with van der Waals surface area (Å²) < 4.78 is 15.7. The first-order valence-corrected chi connectivity index (χ1v) is 5.79. The van der Waals surface area contributed by atoms with Crippen molar-refractivity contribution in [1.29, 1.82) is 0 Å². The van der Waals surface area contributed by atoms with Crippen molar-refractivity contribution in [1.82, 2.24) is 4.90 Å². The molecule has 2 aliphatic rings.